The highest BCUT2D eigenvalue weighted by Crippen LogP contribution is 2.44. The molecular weight excluding hydrogens is 585 g/mol. The lowest BCUT2D eigenvalue weighted by Crippen LogP contribution is -2.29. The quantitative estimate of drug-likeness (QED) is 0.253. The Labute approximate surface area is 250 Å². The Morgan fingerprint density at radius 2 is 1.83 bits per heavy atom. The number of carbonyl (C=O) groups is 1. The molecule has 1 aliphatic carbocycles. The molecule has 0 saturated heterocycles. The Morgan fingerprint density at radius 1 is 1.19 bits per heavy atom. The fourth-order valence-corrected chi connectivity index (χ4v) is 7.82. The number of fused-ring (bicyclic) bond motifs is 1. The number of methoxy groups -OCH3 is 1. The number of thiophene rings is 1. The lowest BCUT2D eigenvalue weighted by atomic mass is 9.82. The predicted octanol–water partition coefficient (Wildman–Crippen LogP) is 7.02. The van der Waals surface area contributed by atoms with Crippen molar-refractivity contribution < 1.29 is 31.1 Å². The minimum atomic E-state index is -4.13. The summed E-state index contributed by atoms with van der Waals surface area (Å²) in [6.45, 7) is 10.2. The van der Waals surface area contributed by atoms with Crippen LogP contribution >= 0.6 is 11.3 Å². The summed E-state index contributed by atoms with van der Waals surface area (Å²) in [7, 11) is -1.90. The van der Waals surface area contributed by atoms with E-state index in [1.165, 1.54) is 30.6 Å². The van der Waals surface area contributed by atoms with Gasteiger partial charge in [0.1, 0.15) is 11.8 Å². The van der Waals surface area contributed by atoms with Gasteiger partial charge in [-0.2, -0.15) is 13.2 Å². The van der Waals surface area contributed by atoms with Crippen molar-refractivity contribution in [2.24, 2.45) is 17.8 Å². The molecule has 1 N–H and O–H groups in total. The van der Waals surface area contributed by atoms with Crippen molar-refractivity contribution in [3.63, 3.8) is 0 Å². The fourth-order valence-electron chi connectivity index (χ4n) is 5.57. The van der Waals surface area contributed by atoms with Crippen LogP contribution in [0.3, 0.4) is 0 Å². The summed E-state index contributed by atoms with van der Waals surface area (Å²) in [6.07, 6.45) is -2.97. The van der Waals surface area contributed by atoms with Crippen molar-refractivity contribution in [3.8, 4) is 12.0 Å². The first-order valence-electron chi connectivity index (χ1n) is 14.1. The first-order chi connectivity index (χ1) is 19.7. The number of benzene rings is 1. The second-order valence-corrected chi connectivity index (χ2v) is 14.6. The third kappa shape index (κ3) is 6.97. The number of nitrogens with one attached hydrogen (secondary N) is 1. The van der Waals surface area contributed by atoms with Gasteiger partial charge in [-0.1, -0.05) is 45.4 Å². The molecule has 0 radical (unpaired) electrons. The van der Waals surface area contributed by atoms with E-state index in [1.54, 1.807) is 19.1 Å². The normalized spacial score (nSPS) is 21.3. The molecule has 4 rings (SSSR count). The number of rotatable bonds is 8. The Bertz CT molecular complexity index is 1460. The monoisotopic (exact) mass is 622 g/mol. The van der Waals surface area contributed by atoms with Gasteiger partial charge < -0.3 is 15.0 Å². The molecule has 2 aliphatic rings. The second-order valence-electron chi connectivity index (χ2n) is 11.2. The van der Waals surface area contributed by atoms with Crippen LogP contribution in [0.5, 0.6) is 0 Å². The number of ether oxygens (including phenoxy) is 1. The predicted molar refractivity (Wildman–Crippen MR) is 157 cm³/mol. The first-order valence-corrected chi connectivity index (χ1v) is 16.6. The van der Waals surface area contributed by atoms with Crippen LogP contribution < -0.4 is 5.32 Å². The van der Waals surface area contributed by atoms with Crippen LogP contribution in [0, 0.1) is 29.7 Å². The summed E-state index contributed by atoms with van der Waals surface area (Å²) in [5.74, 6) is 2.17. The van der Waals surface area contributed by atoms with Gasteiger partial charge in [0, 0.05) is 16.8 Å². The fraction of sp³-hybridized carbons (Fsp3) is 0.516. The first kappa shape index (κ1) is 32.0. The van der Waals surface area contributed by atoms with E-state index in [9.17, 15) is 26.4 Å². The standard InChI is InChI=1S/C31H37F3N2O4S2/c1-6-42(38,39)25-13-9-22(10-14-25)27(20(4)40-5)35-30(37)26-17-23-18-36(28(19(2)3)29(23)41-26)16-15-21-7-11-24(12-8-21)31(32,33)34/h9-10,13-14,17,19,21,24,27-28H,4,6-8,11-12,18H2,1-3,5H3,(H,35,37)/t21?,24?,27-,28-/m0/s1. The van der Waals surface area contributed by atoms with Gasteiger partial charge in [0.05, 0.1) is 41.1 Å². The molecule has 2 heterocycles. The minimum Gasteiger partial charge on any atom is -0.499 e. The molecule has 228 valence electrons. The molecule has 1 aliphatic heterocycles. The van der Waals surface area contributed by atoms with E-state index < -0.39 is 28.0 Å². The summed E-state index contributed by atoms with van der Waals surface area (Å²) in [5, 5.41) is 2.97. The molecule has 6 nitrogen and oxygen atoms in total. The highest BCUT2D eigenvalue weighted by molar-refractivity contribution is 7.91. The van der Waals surface area contributed by atoms with Crippen LogP contribution in [-0.2, 0) is 21.1 Å². The summed E-state index contributed by atoms with van der Waals surface area (Å²) >= 11 is 1.40. The number of hydrogen-bond donors (Lipinski definition) is 1. The molecule has 0 bridgehead atoms. The van der Waals surface area contributed by atoms with Crippen molar-refractivity contribution in [2.45, 2.75) is 76.2 Å². The highest BCUT2D eigenvalue weighted by atomic mass is 32.2. The number of nitrogens with zero attached hydrogens (tertiary/aromatic N) is 1. The lowest BCUT2D eigenvalue weighted by Gasteiger charge is -2.28. The number of alkyl halides is 3. The third-order valence-corrected chi connectivity index (χ3v) is 11.1. The van der Waals surface area contributed by atoms with Crippen molar-refractivity contribution >= 4 is 27.1 Å². The maximum absolute atomic E-state index is 13.4. The Hall–Kier alpha value is -2.97. The van der Waals surface area contributed by atoms with E-state index in [1.807, 2.05) is 11.0 Å². The zero-order chi connectivity index (χ0) is 30.8. The molecule has 0 unspecified atom stereocenters. The molecule has 11 heteroatoms. The molecule has 2 atom stereocenters. The Kier molecular flexibility index (Phi) is 9.68. The van der Waals surface area contributed by atoms with Gasteiger partial charge >= 0.3 is 6.18 Å². The molecule has 1 aromatic heterocycles. The lowest BCUT2D eigenvalue weighted by molar-refractivity contribution is -0.183. The van der Waals surface area contributed by atoms with Crippen LogP contribution in [0.25, 0.3) is 0 Å². The molecule has 0 spiro atoms. The number of sulfone groups is 1. The minimum absolute atomic E-state index is 0.0102. The van der Waals surface area contributed by atoms with Gasteiger partial charge in [-0.3, -0.25) is 4.79 Å². The van der Waals surface area contributed by atoms with Crippen LogP contribution in [-0.4, -0.2) is 38.3 Å². The molecule has 2 aromatic rings. The molecular formula is C31H37F3N2O4S2. The zero-order valence-electron chi connectivity index (χ0n) is 24.3. The van der Waals surface area contributed by atoms with E-state index in [4.69, 9.17) is 4.74 Å². The van der Waals surface area contributed by atoms with Crippen LogP contribution in [0.15, 0.2) is 47.6 Å². The Morgan fingerprint density at radius 3 is 2.38 bits per heavy atom. The Balaban J connectivity index is 1.47. The highest BCUT2D eigenvalue weighted by Gasteiger charge is 2.41. The topological polar surface area (TPSA) is 75.7 Å². The SMILES string of the molecule is C=C(OC)[C@H](NC(=O)c1cc2c(s1)[C@H](C(C)C)N(C#CC1CCC(C(F)(F)F)CC1)C2)c1ccc(S(=O)(=O)CC)cc1. The van der Waals surface area contributed by atoms with Gasteiger partial charge in [-0.05, 0) is 60.9 Å². The van der Waals surface area contributed by atoms with Gasteiger partial charge in [0.2, 0.25) is 0 Å². The van der Waals surface area contributed by atoms with Gasteiger partial charge in [0.25, 0.3) is 5.91 Å². The van der Waals surface area contributed by atoms with E-state index in [0.717, 1.165) is 10.4 Å². The summed E-state index contributed by atoms with van der Waals surface area (Å²) < 4.78 is 68.8. The molecule has 1 fully saturated rings. The number of carbonyl (C=O) groups excluding carboxylic acids is 1. The van der Waals surface area contributed by atoms with Gasteiger partial charge in [0.15, 0.2) is 9.84 Å². The smallest absolute Gasteiger partial charge is 0.391 e. The van der Waals surface area contributed by atoms with Gasteiger partial charge in [-0.15, -0.1) is 11.3 Å². The van der Waals surface area contributed by atoms with Crippen molar-refractivity contribution in [3.05, 3.63) is 63.6 Å². The van der Waals surface area contributed by atoms with Crippen LogP contribution in [0.4, 0.5) is 13.2 Å². The average Bonchev–Trinajstić information content (AvgIpc) is 3.52. The zero-order valence-corrected chi connectivity index (χ0v) is 25.9. The van der Waals surface area contributed by atoms with E-state index in [-0.39, 0.29) is 47.3 Å². The summed E-state index contributed by atoms with van der Waals surface area (Å²) in [4.78, 5) is 17.2. The van der Waals surface area contributed by atoms with E-state index in [0.29, 0.717) is 35.6 Å². The van der Waals surface area contributed by atoms with Gasteiger partial charge in [-0.25, -0.2) is 8.42 Å². The number of halogens is 3. The molecule has 1 amide bonds. The van der Waals surface area contributed by atoms with E-state index in [2.05, 4.69) is 37.7 Å². The third-order valence-electron chi connectivity index (χ3n) is 8.06. The van der Waals surface area contributed by atoms with Crippen molar-refractivity contribution in [1.29, 1.82) is 0 Å². The second kappa shape index (κ2) is 12.7. The summed E-state index contributed by atoms with van der Waals surface area (Å²) in [5.41, 5.74) is 1.65. The van der Waals surface area contributed by atoms with Crippen molar-refractivity contribution in [1.82, 2.24) is 10.2 Å². The summed E-state index contributed by atoms with van der Waals surface area (Å²) in [6, 6.07) is 10.7. The molecule has 1 saturated carbocycles. The average molecular weight is 623 g/mol. The maximum atomic E-state index is 13.4. The number of hydrogen-bond acceptors (Lipinski definition) is 6. The molecule has 42 heavy (non-hydrogen) atoms. The van der Waals surface area contributed by atoms with E-state index >= 15 is 0 Å². The van der Waals surface area contributed by atoms with Crippen LogP contribution in [0.1, 0.15) is 84.2 Å². The van der Waals surface area contributed by atoms with Crippen molar-refractivity contribution in [2.75, 3.05) is 12.9 Å². The largest absolute Gasteiger partial charge is 0.499 e. The maximum Gasteiger partial charge on any atom is 0.391 e. The van der Waals surface area contributed by atoms with Crippen LogP contribution in [0.2, 0.25) is 0 Å². The number of amides is 1. The molecule has 1 aromatic carbocycles.